The minimum Gasteiger partial charge on any atom is -0.211 e. The molecule has 1 heterocycles. The molecule has 2 aromatic carbocycles. The number of halogens is 3. The van der Waals surface area contributed by atoms with Crippen molar-refractivity contribution in [3.63, 3.8) is 0 Å². The van der Waals surface area contributed by atoms with Crippen LogP contribution in [-0.2, 0) is 0 Å². The molecule has 3 rings (SSSR count). The van der Waals surface area contributed by atoms with Crippen LogP contribution in [0, 0.1) is 23.0 Å². The summed E-state index contributed by atoms with van der Waals surface area (Å²) in [5.41, 5.74) is 1.46. The summed E-state index contributed by atoms with van der Waals surface area (Å²) >= 11 is 5.77. The summed E-state index contributed by atoms with van der Waals surface area (Å²) in [6.45, 7) is 0. The average molecular weight is 317 g/mol. The van der Waals surface area contributed by atoms with Crippen molar-refractivity contribution in [2.75, 3.05) is 0 Å². The highest BCUT2D eigenvalue weighted by atomic mass is 35.5. The lowest BCUT2D eigenvalue weighted by Gasteiger charge is -2.07. The van der Waals surface area contributed by atoms with E-state index in [4.69, 9.17) is 16.9 Å². The lowest BCUT2D eigenvalue weighted by atomic mass is 10.1. The van der Waals surface area contributed by atoms with E-state index in [2.05, 4.69) is 10.3 Å². The van der Waals surface area contributed by atoms with Crippen LogP contribution in [0.2, 0.25) is 5.02 Å². The molecule has 0 N–H and O–H groups in total. The summed E-state index contributed by atoms with van der Waals surface area (Å²) in [6, 6.07) is 11.5. The Morgan fingerprint density at radius 3 is 2.45 bits per heavy atom. The average Bonchev–Trinajstić information content (AvgIpc) is 2.95. The summed E-state index contributed by atoms with van der Waals surface area (Å²) in [7, 11) is 0. The molecule has 7 heteroatoms. The predicted octanol–water partition coefficient (Wildman–Crippen LogP) is 3.74. The lowest BCUT2D eigenvalue weighted by molar-refractivity contribution is 0.626. The first-order valence-electron chi connectivity index (χ1n) is 6.17. The number of nitrogens with zero attached hydrogens (tertiary/aromatic N) is 4. The van der Waals surface area contributed by atoms with Crippen LogP contribution >= 0.6 is 11.6 Å². The summed E-state index contributed by atoms with van der Waals surface area (Å²) in [6.07, 6.45) is 0. The Balaban J connectivity index is 2.21. The second-order valence-electron chi connectivity index (χ2n) is 4.42. The van der Waals surface area contributed by atoms with Crippen molar-refractivity contribution >= 4 is 11.6 Å². The second-order valence-corrected chi connectivity index (χ2v) is 4.82. The van der Waals surface area contributed by atoms with Gasteiger partial charge in [-0.1, -0.05) is 16.8 Å². The van der Waals surface area contributed by atoms with E-state index in [1.165, 1.54) is 47.1 Å². The molecule has 3 aromatic rings. The van der Waals surface area contributed by atoms with Crippen LogP contribution in [0.4, 0.5) is 8.78 Å². The van der Waals surface area contributed by atoms with E-state index < -0.39 is 11.6 Å². The van der Waals surface area contributed by atoms with Crippen LogP contribution < -0.4 is 0 Å². The Morgan fingerprint density at radius 1 is 1.09 bits per heavy atom. The van der Waals surface area contributed by atoms with Gasteiger partial charge in [-0.3, -0.25) is 0 Å². The normalized spacial score (nSPS) is 10.5. The van der Waals surface area contributed by atoms with Crippen LogP contribution in [0.1, 0.15) is 5.69 Å². The predicted molar refractivity (Wildman–Crippen MR) is 76.4 cm³/mol. The summed E-state index contributed by atoms with van der Waals surface area (Å²) in [5, 5.41) is 16.8. The molecule has 0 saturated carbocycles. The van der Waals surface area contributed by atoms with Gasteiger partial charge in [-0.2, -0.15) is 5.26 Å². The zero-order valence-corrected chi connectivity index (χ0v) is 11.7. The third-order valence-corrected chi connectivity index (χ3v) is 3.33. The molecule has 0 amide bonds. The first-order valence-corrected chi connectivity index (χ1v) is 6.55. The fourth-order valence-electron chi connectivity index (χ4n) is 2.02. The largest absolute Gasteiger partial charge is 0.211 e. The number of nitriles is 1. The van der Waals surface area contributed by atoms with Crippen molar-refractivity contribution in [2.45, 2.75) is 0 Å². The zero-order valence-electron chi connectivity index (χ0n) is 11.0. The SMILES string of the molecule is N#Cc1nnn(-c2ccc(F)c(Cl)c2)c1-c1ccc(F)cc1. The number of benzene rings is 2. The fraction of sp³-hybridized carbons (Fsp3) is 0. The van der Waals surface area contributed by atoms with Gasteiger partial charge < -0.3 is 0 Å². The van der Waals surface area contributed by atoms with Gasteiger partial charge in [-0.05, 0) is 42.5 Å². The molecule has 108 valence electrons. The summed E-state index contributed by atoms with van der Waals surface area (Å²) < 4.78 is 27.7. The monoisotopic (exact) mass is 316 g/mol. The molecule has 0 aliphatic carbocycles. The van der Waals surface area contributed by atoms with Gasteiger partial charge in [0.1, 0.15) is 23.4 Å². The molecular formula is C15H7ClF2N4. The topological polar surface area (TPSA) is 54.5 Å². The van der Waals surface area contributed by atoms with Crippen molar-refractivity contribution in [3.05, 3.63) is 64.8 Å². The first kappa shape index (κ1) is 14.2. The molecule has 0 aliphatic heterocycles. The van der Waals surface area contributed by atoms with Crippen LogP contribution in [0.25, 0.3) is 16.9 Å². The van der Waals surface area contributed by atoms with Crippen molar-refractivity contribution in [1.82, 2.24) is 15.0 Å². The third-order valence-electron chi connectivity index (χ3n) is 3.04. The Kier molecular flexibility index (Phi) is 3.57. The van der Waals surface area contributed by atoms with Crippen molar-refractivity contribution in [1.29, 1.82) is 5.26 Å². The van der Waals surface area contributed by atoms with Crippen molar-refractivity contribution in [3.8, 4) is 23.0 Å². The van der Waals surface area contributed by atoms with E-state index in [-0.39, 0.29) is 10.7 Å². The Morgan fingerprint density at radius 2 is 1.82 bits per heavy atom. The van der Waals surface area contributed by atoms with E-state index in [0.29, 0.717) is 16.9 Å². The van der Waals surface area contributed by atoms with E-state index in [9.17, 15) is 8.78 Å². The number of hydrogen-bond donors (Lipinski definition) is 0. The summed E-state index contributed by atoms with van der Waals surface area (Å²) in [4.78, 5) is 0. The molecule has 0 aliphatic rings. The fourth-order valence-corrected chi connectivity index (χ4v) is 2.20. The molecule has 0 atom stereocenters. The van der Waals surface area contributed by atoms with E-state index in [1.54, 1.807) is 0 Å². The Labute approximate surface area is 129 Å². The third kappa shape index (κ3) is 2.43. The smallest absolute Gasteiger partial charge is 0.191 e. The summed E-state index contributed by atoms with van der Waals surface area (Å²) in [5.74, 6) is -0.958. The standard InChI is InChI=1S/C15H7ClF2N4/c16-12-7-11(5-6-13(12)18)22-15(14(8-19)20-21-22)9-1-3-10(17)4-2-9/h1-7H. The van der Waals surface area contributed by atoms with Crippen LogP contribution in [0.15, 0.2) is 42.5 Å². The quantitative estimate of drug-likeness (QED) is 0.723. The Hall–Kier alpha value is -2.78. The molecule has 4 nitrogen and oxygen atoms in total. The minimum atomic E-state index is -0.561. The number of rotatable bonds is 2. The minimum absolute atomic E-state index is 0.0726. The molecule has 1 aromatic heterocycles. The zero-order chi connectivity index (χ0) is 15.7. The van der Waals surface area contributed by atoms with Gasteiger partial charge in [0.2, 0.25) is 0 Å². The molecule has 22 heavy (non-hydrogen) atoms. The Bertz CT molecular complexity index is 882. The maximum Gasteiger partial charge on any atom is 0.191 e. The van der Waals surface area contributed by atoms with Gasteiger partial charge in [0.15, 0.2) is 5.69 Å². The van der Waals surface area contributed by atoms with Crippen LogP contribution in [0.5, 0.6) is 0 Å². The van der Waals surface area contributed by atoms with Gasteiger partial charge in [0.05, 0.1) is 10.7 Å². The van der Waals surface area contributed by atoms with Gasteiger partial charge in [-0.15, -0.1) is 5.10 Å². The van der Waals surface area contributed by atoms with E-state index in [0.717, 1.165) is 0 Å². The van der Waals surface area contributed by atoms with Crippen LogP contribution in [-0.4, -0.2) is 15.0 Å². The maximum absolute atomic E-state index is 13.3. The highest BCUT2D eigenvalue weighted by molar-refractivity contribution is 6.30. The highest BCUT2D eigenvalue weighted by Gasteiger charge is 2.17. The van der Waals surface area contributed by atoms with Gasteiger partial charge in [-0.25, -0.2) is 13.5 Å². The molecule has 0 fully saturated rings. The molecular weight excluding hydrogens is 310 g/mol. The van der Waals surface area contributed by atoms with E-state index >= 15 is 0 Å². The molecule has 0 bridgehead atoms. The second kappa shape index (κ2) is 5.54. The number of hydrogen-bond acceptors (Lipinski definition) is 3. The molecule has 0 unspecified atom stereocenters. The van der Waals surface area contributed by atoms with Crippen molar-refractivity contribution < 1.29 is 8.78 Å². The maximum atomic E-state index is 13.3. The van der Waals surface area contributed by atoms with E-state index in [1.807, 2.05) is 6.07 Å². The number of aromatic nitrogens is 3. The van der Waals surface area contributed by atoms with Gasteiger partial charge in [0.25, 0.3) is 0 Å². The molecule has 0 spiro atoms. The van der Waals surface area contributed by atoms with Crippen LogP contribution in [0.3, 0.4) is 0 Å². The van der Waals surface area contributed by atoms with Crippen molar-refractivity contribution in [2.24, 2.45) is 0 Å². The first-order chi connectivity index (χ1) is 10.6. The molecule has 0 radical (unpaired) electrons. The highest BCUT2D eigenvalue weighted by Crippen LogP contribution is 2.27. The molecule has 0 saturated heterocycles. The van der Waals surface area contributed by atoms with Gasteiger partial charge in [0, 0.05) is 5.56 Å². The lowest BCUT2D eigenvalue weighted by Crippen LogP contribution is -2.00. The van der Waals surface area contributed by atoms with Gasteiger partial charge >= 0.3 is 0 Å².